The molecule has 37 heavy (non-hydrogen) atoms. The van der Waals surface area contributed by atoms with Crippen molar-refractivity contribution in [1.29, 1.82) is 0 Å². The summed E-state index contributed by atoms with van der Waals surface area (Å²) < 4.78 is 5.12. The van der Waals surface area contributed by atoms with Crippen molar-refractivity contribution in [3.8, 4) is 0 Å². The molecular formula is C30H26N2O5. The molecule has 0 aromatic heterocycles. The molecule has 4 aromatic carbocycles. The van der Waals surface area contributed by atoms with Crippen molar-refractivity contribution in [1.82, 2.24) is 5.43 Å². The molecule has 0 radical (unpaired) electrons. The fourth-order valence-electron chi connectivity index (χ4n) is 3.96. The summed E-state index contributed by atoms with van der Waals surface area (Å²) in [5.41, 5.74) is 1.58. The number of hydrogen-bond donors (Lipinski definition) is 2. The van der Waals surface area contributed by atoms with E-state index in [-0.39, 0.29) is 17.7 Å². The van der Waals surface area contributed by atoms with Crippen LogP contribution in [0.3, 0.4) is 0 Å². The van der Waals surface area contributed by atoms with Crippen LogP contribution in [0.25, 0.3) is 0 Å². The van der Waals surface area contributed by atoms with E-state index in [1.165, 1.54) is 12.1 Å². The van der Waals surface area contributed by atoms with Crippen molar-refractivity contribution in [2.45, 2.75) is 12.5 Å². The molecule has 0 saturated heterocycles. The van der Waals surface area contributed by atoms with Gasteiger partial charge in [0, 0.05) is 0 Å². The Morgan fingerprint density at radius 2 is 1.19 bits per heavy atom. The third kappa shape index (κ3) is 5.27. The Balaban J connectivity index is 1.79. The topological polar surface area (TPSA) is 95.9 Å². The third-order valence-electron chi connectivity index (χ3n) is 5.80. The van der Waals surface area contributed by atoms with E-state index in [0.717, 1.165) is 5.01 Å². The van der Waals surface area contributed by atoms with Gasteiger partial charge in [0.05, 0.1) is 23.4 Å². The van der Waals surface area contributed by atoms with Gasteiger partial charge in [-0.05, 0) is 42.3 Å². The SMILES string of the molecule is CCOC(=O)c1ccccc1C(=O)N(NC(=O)C(O)(c1ccccc1)c1ccccc1)c1ccccc1. The Bertz CT molecular complexity index is 1340. The van der Waals surface area contributed by atoms with Crippen LogP contribution in [0.1, 0.15) is 38.8 Å². The molecule has 4 rings (SSSR count). The van der Waals surface area contributed by atoms with Crippen LogP contribution in [-0.4, -0.2) is 29.5 Å². The van der Waals surface area contributed by atoms with Crippen molar-refractivity contribution in [3.05, 3.63) is 138 Å². The Hall–Kier alpha value is -4.75. The van der Waals surface area contributed by atoms with E-state index in [2.05, 4.69) is 5.43 Å². The molecule has 0 saturated carbocycles. The number of carbonyl (C=O) groups is 3. The van der Waals surface area contributed by atoms with Crippen LogP contribution in [0.15, 0.2) is 115 Å². The number of rotatable bonds is 7. The summed E-state index contributed by atoms with van der Waals surface area (Å²) in [4.78, 5) is 40.3. The van der Waals surface area contributed by atoms with Crippen LogP contribution >= 0.6 is 0 Å². The van der Waals surface area contributed by atoms with Crippen LogP contribution in [0, 0.1) is 0 Å². The van der Waals surface area contributed by atoms with Crippen molar-refractivity contribution in [3.63, 3.8) is 0 Å². The van der Waals surface area contributed by atoms with Crippen LogP contribution in [0.2, 0.25) is 0 Å². The highest BCUT2D eigenvalue weighted by Crippen LogP contribution is 2.30. The van der Waals surface area contributed by atoms with E-state index in [4.69, 9.17) is 4.74 Å². The lowest BCUT2D eigenvalue weighted by atomic mass is 9.85. The molecule has 0 aliphatic heterocycles. The highest BCUT2D eigenvalue weighted by Gasteiger charge is 2.41. The van der Waals surface area contributed by atoms with Gasteiger partial charge < -0.3 is 9.84 Å². The first-order valence-corrected chi connectivity index (χ1v) is 11.8. The molecule has 0 aliphatic carbocycles. The second kappa shape index (κ2) is 11.3. The number of benzene rings is 4. The molecule has 2 N–H and O–H groups in total. The summed E-state index contributed by atoms with van der Waals surface area (Å²) in [5.74, 6) is -2.18. The number of hydrazine groups is 1. The van der Waals surface area contributed by atoms with Crippen LogP contribution in [0.5, 0.6) is 0 Å². The average Bonchev–Trinajstić information content (AvgIpc) is 2.96. The monoisotopic (exact) mass is 494 g/mol. The summed E-state index contributed by atoms with van der Waals surface area (Å²) >= 11 is 0. The maximum atomic E-state index is 13.9. The lowest BCUT2D eigenvalue weighted by molar-refractivity contribution is -0.136. The Kier molecular flexibility index (Phi) is 7.76. The Morgan fingerprint density at radius 1 is 0.730 bits per heavy atom. The van der Waals surface area contributed by atoms with Crippen LogP contribution in [0.4, 0.5) is 5.69 Å². The largest absolute Gasteiger partial charge is 0.462 e. The fraction of sp³-hybridized carbons (Fsp3) is 0.100. The fourth-order valence-corrected chi connectivity index (χ4v) is 3.96. The number of nitrogens with zero attached hydrogens (tertiary/aromatic N) is 1. The molecule has 2 amide bonds. The highest BCUT2D eigenvalue weighted by molar-refractivity contribution is 6.13. The van der Waals surface area contributed by atoms with Crippen molar-refractivity contribution in [2.24, 2.45) is 0 Å². The molecule has 4 aromatic rings. The van der Waals surface area contributed by atoms with Gasteiger partial charge in [0.1, 0.15) is 0 Å². The van der Waals surface area contributed by atoms with Gasteiger partial charge in [0.25, 0.3) is 11.8 Å². The Morgan fingerprint density at radius 3 is 1.70 bits per heavy atom. The van der Waals surface area contributed by atoms with Gasteiger partial charge in [-0.1, -0.05) is 91.0 Å². The van der Waals surface area contributed by atoms with Crippen molar-refractivity contribution in [2.75, 3.05) is 11.6 Å². The van der Waals surface area contributed by atoms with E-state index >= 15 is 0 Å². The molecule has 7 heteroatoms. The summed E-state index contributed by atoms with van der Waals surface area (Å²) in [5, 5.41) is 12.9. The molecule has 7 nitrogen and oxygen atoms in total. The van der Waals surface area contributed by atoms with Gasteiger partial charge in [-0.15, -0.1) is 0 Å². The van der Waals surface area contributed by atoms with Crippen molar-refractivity contribution >= 4 is 23.5 Å². The predicted molar refractivity (Wildman–Crippen MR) is 140 cm³/mol. The highest BCUT2D eigenvalue weighted by atomic mass is 16.5. The number of aliphatic hydroxyl groups is 1. The third-order valence-corrected chi connectivity index (χ3v) is 5.80. The predicted octanol–water partition coefficient (Wildman–Crippen LogP) is 4.48. The second-order valence-electron chi connectivity index (χ2n) is 8.13. The average molecular weight is 495 g/mol. The molecule has 0 atom stereocenters. The summed E-state index contributed by atoms with van der Waals surface area (Å²) in [6.45, 7) is 1.81. The van der Waals surface area contributed by atoms with Gasteiger partial charge in [-0.2, -0.15) is 0 Å². The number of hydrogen-bond acceptors (Lipinski definition) is 5. The molecule has 0 heterocycles. The number of amides is 2. The lowest BCUT2D eigenvalue weighted by Crippen LogP contribution is -2.54. The van der Waals surface area contributed by atoms with E-state index < -0.39 is 23.4 Å². The van der Waals surface area contributed by atoms with Gasteiger partial charge in [0.15, 0.2) is 5.60 Å². The Labute approximate surface area is 214 Å². The quantitative estimate of drug-likeness (QED) is 0.292. The zero-order chi connectivity index (χ0) is 26.3. The smallest absolute Gasteiger partial charge is 0.338 e. The number of carbonyl (C=O) groups excluding carboxylic acids is 3. The summed E-state index contributed by atoms with van der Waals surface area (Å²) in [7, 11) is 0. The van der Waals surface area contributed by atoms with Gasteiger partial charge in [-0.25, -0.2) is 9.80 Å². The number of anilines is 1. The van der Waals surface area contributed by atoms with E-state index in [9.17, 15) is 19.5 Å². The van der Waals surface area contributed by atoms with Crippen LogP contribution < -0.4 is 10.4 Å². The summed E-state index contributed by atoms with van der Waals surface area (Å²) in [6.07, 6.45) is 0. The zero-order valence-electron chi connectivity index (χ0n) is 20.2. The minimum Gasteiger partial charge on any atom is -0.462 e. The van der Waals surface area contributed by atoms with Gasteiger partial charge in [-0.3, -0.25) is 15.0 Å². The molecule has 0 spiro atoms. The number of ether oxygens (including phenoxy) is 1. The van der Waals surface area contributed by atoms with E-state index in [1.807, 2.05) is 0 Å². The molecule has 0 fully saturated rings. The standard InChI is InChI=1S/C30H26N2O5/c1-2-37-28(34)26-21-13-12-20-25(26)27(33)32(24-18-10-5-11-19-24)31-29(35)30(36,22-14-6-3-7-15-22)23-16-8-4-9-17-23/h3-21,36H,2H2,1H3,(H,31,35). The zero-order valence-corrected chi connectivity index (χ0v) is 20.2. The van der Waals surface area contributed by atoms with Gasteiger partial charge >= 0.3 is 5.97 Å². The second-order valence-corrected chi connectivity index (χ2v) is 8.13. The molecule has 186 valence electrons. The van der Waals surface area contributed by atoms with Crippen LogP contribution in [-0.2, 0) is 15.1 Å². The normalized spacial score (nSPS) is 10.9. The minimum atomic E-state index is -2.11. The molecule has 0 aliphatic rings. The summed E-state index contributed by atoms with van der Waals surface area (Å²) in [6, 6.07) is 31.6. The van der Waals surface area contributed by atoms with E-state index in [1.54, 1.807) is 110 Å². The van der Waals surface area contributed by atoms with Gasteiger partial charge in [0.2, 0.25) is 0 Å². The molecule has 0 bridgehead atoms. The molecule has 0 unspecified atom stereocenters. The van der Waals surface area contributed by atoms with Crippen molar-refractivity contribution < 1.29 is 24.2 Å². The first kappa shape index (κ1) is 25.3. The maximum Gasteiger partial charge on any atom is 0.338 e. The maximum absolute atomic E-state index is 13.9. The van der Waals surface area contributed by atoms with E-state index in [0.29, 0.717) is 16.8 Å². The number of para-hydroxylation sites is 1. The number of nitrogens with one attached hydrogen (secondary N) is 1. The number of esters is 1. The first-order chi connectivity index (χ1) is 18.0. The molecular weight excluding hydrogens is 468 g/mol. The first-order valence-electron chi connectivity index (χ1n) is 11.8. The lowest BCUT2D eigenvalue weighted by Gasteiger charge is -2.32. The minimum absolute atomic E-state index is 0.0352.